The zero-order valence-corrected chi connectivity index (χ0v) is 10.9. The fourth-order valence-corrected chi connectivity index (χ4v) is 1.62. The van der Waals surface area contributed by atoms with Crippen molar-refractivity contribution >= 4 is 29.1 Å². The highest BCUT2D eigenvalue weighted by Crippen LogP contribution is 2.26. The molecule has 1 aromatic heterocycles. The van der Waals surface area contributed by atoms with Gasteiger partial charge < -0.3 is 5.32 Å². The molecule has 7 heteroatoms. The predicted molar refractivity (Wildman–Crippen MR) is 74.0 cm³/mol. The molecule has 0 aliphatic rings. The first-order valence-electron chi connectivity index (χ1n) is 5.41. The molecule has 4 N–H and O–H groups in total. The van der Waals surface area contributed by atoms with E-state index in [0.29, 0.717) is 16.4 Å². The number of nitrogens with two attached hydrogens (primary N) is 1. The van der Waals surface area contributed by atoms with E-state index in [9.17, 15) is 0 Å². The normalized spacial score (nSPS) is 9.79. The number of halogens is 1. The molecular formula is C12H11ClN6. The topological polar surface area (TPSA) is 99.7 Å². The van der Waals surface area contributed by atoms with Gasteiger partial charge in [-0.1, -0.05) is 17.7 Å². The number of nitriles is 1. The van der Waals surface area contributed by atoms with Gasteiger partial charge >= 0.3 is 0 Å². The zero-order valence-electron chi connectivity index (χ0n) is 10.1. The molecule has 0 aliphatic carbocycles. The second-order valence-electron chi connectivity index (χ2n) is 3.80. The second-order valence-corrected chi connectivity index (χ2v) is 4.21. The Kier molecular flexibility index (Phi) is 3.80. The van der Waals surface area contributed by atoms with E-state index < -0.39 is 0 Å². The third kappa shape index (κ3) is 2.91. The average Bonchev–Trinajstić information content (AvgIpc) is 2.43. The number of hydrogen-bond donors (Lipinski definition) is 3. The molecule has 0 saturated carbocycles. The van der Waals surface area contributed by atoms with Crippen LogP contribution in [0, 0.1) is 18.3 Å². The van der Waals surface area contributed by atoms with Crippen molar-refractivity contribution in [1.82, 2.24) is 9.97 Å². The van der Waals surface area contributed by atoms with E-state index >= 15 is 0 Å². The number of hydrogen-bond acceptors (Lipinski definition) is 6. The second kappa shape index (κ2) is 5.52. The van der Waals surface area contributed by atoms with Crippen molar-refractivity contribution in [3.05, 3.63) is 40.5 Å². The highest BCUT2D eigenvalue weighted by Gasteiger charge is 2.07. The molecule has 0 fully saturated rings. The van der Waals surface area contributed by atoms with Crippen molar-refractivity contribution in [3.8, 4) is 6.07 Å². The van der Waals surface area contributed by atoms with Gasteiger partial charge in [0.1, 0.15) is 5.02 Å². The SMILES string of the molecule is Cc1ccc(C#N)cc1Nc1nc(NN)ncc1Cl. The van der Waals surface area contributed by atoms with Gasteiger partial charge in [0.25, 0.3) is 0 Å². The van der Waals surface area contributed by atoms with Gasteiger partial charge in [0, 0.05) is 5.69 Å². The Labute approximate surface area is 115 Å². The van der Waals surface area contributed by atoms with E-state index in [1.807, 2.05) is 13.0 Å². The number of nitrogens with zero attached hydrogens (tertiary/aromatic N) is 3. The Bertz CT molecular complexity index is 649. The first kappa shape index (κ1) is 13.1. The zero-order chi connectivity index (χ0) is 13.8. The summed E-state index contributed by atoms with van der Waals surface area (Å²) >= 11 is 6.01. The smallest absolute Gasteiger partial charge is 0.239 e. The number of aryl methyl sites for hydroxylation is 1. The lowest BCUT2D eigenvalue weighted by atomic mass is 10.1. The first-order valence-corrected chi connectivity index (χ1v) is 5.78. The maximum atomic E-state index is 8.90. The predicted octanol–water partition coefficient (Wildman–Crippen LogP) is 2.34. The van der Waals surface area contributed by atoms with Crippen LogP contribution in [0.25, 0.3) is 0 Å². The molecule has 0 amide bonds. The third-order valence-electron chi connectivity index (χ3n) is 2.49. The van der Waals surface area contributed by atoms with Crippen molar-refractivity contribution in [2.45, 2.75) is 6.92 Å². The van der Waals surface area contributed by atoms with Crippen LogP contribution in [0.1, 0.15) is 11.1 Å². The van der Waals surface area contributed by atoms with Gasteiger partial charge in [-0.05, 0) is 24.6 Å². The minimum absolute atomic E-state index is 0.251. The summed E-state index contributed by atoms with van der Waals surface area (Å²) in [5, 5.41) is 12.3. The number of hydrazine groups is 1. The van der Waals surface area contributed by atoms with Crippen molar-refractivity contribution in [1.29, 1.82) is 5.26 Å². The lowest BCUT2D eigenvalue weighted by Crippen LogP contribution is -2.11. The minimum atomic E-state index is 0.251. The van der Waals surface area contributed by atoms with Crippen LogP contribution in [-0.4, -0.2) is 9.97 Å². The summed E-state index contributed by atoms with van der Waals surface area (Å²) < 4.78 is 0. The molecule has 1 aromatic carbocycles. The molecule has 0 bridgehead atoms. The van der Waals surface area contributed by atoms with Crippen LogP contribution in [0.3, 0.4) is 0 Å². The highest BCUT2D eigenvalue weighted by atomic mass is 35.5. The van der Waals surface area contributed by atoms with Gasteiger partial charge in [0.2, 0.25) is 5.95 Å². The molecule has 0 aliphatic heterocycles. The Morgan fingerprint density at radius 2 is 2.21 bits per heavy atom. The van der Waals surface area contributed by atoms with Gasteiger partial charge in [-0.2, -0.15) is 10.2 Å². The summed E-state index contributed by atoms with van der Waals surface area (Å²) in [6.07, 6.45) is 1.44. The van der Waals surface area contributed by atoms with E-state index in [4.69, 9.17) is 22.7 Å². The number of nitrogens with one attached hydrogen (secondary N) is 2. The maximum absolute atomic E-state index is 8.90. The van der Waals surface area contributed by atoms with Crippen molar-refractivity contribution in [2.24, 2.45) is 5.84 Å². The molecular weight excluding hydrogens is 264 g/mol. The molecule has 2 rings (SSSR count). The van der Waals surface area contributed by atoms with Gasteiger partial charge in [-0.15, -0.1) is 0 Å². The number of rotatable bonds is 3. The largest absolute Gasteiger partial charge is 0.339 e. The molecule has 0 saturated heterocycles. The number of aromatic nitrogens is 2. The molecule has 0 unspecified atom stereocenters. The van der Waals surface area contributed by atoms with Crippen LogP contribution in [0.15, 0.2) is 24.4 Å². The summed E-state index contributed by atoms with van der Waals surface area (Å²) in [7, 11) is 0. The van der Waals surface area contributed by atoms with Crippen LogP contribution in [0.2, 0.25) is 5.02 Å². The van der Waals surface area contributed by atoms with Crippen molar-refractivity contribution in [3.63, 3.8) is 0 Å². The van der Waals surface area contributed by atoms with Gasteiger partial charge in [-0.3, -0.25) is 5.43 Å². The molecule has 2 aromatic rings. The Hall–Kier alpha value is -2.36. The summed E-state index contributed by atoms with van der Waals surface area (Å²) in [5.41, 5.74) is 4.62. The molecule has 96 valence electrons. The molecule has 1 heterocycles. The molecule has 0 spiro atoms. The molecule has 0 atom stereocenters. The van der Waals surface area contributed by atoms with E-state index in [2.05, 4.69) is 26.8 Å². The Balaban J connectivity index is 2.38. The summed E-state index contributed by atoms with van der Waals surface area (Å²) in [6, 6.07) is 7.40. The number of benzene rings is 1. The maximum Gasteiger partial charge on any atom is 0.239 e. The summed E-state index contributed by atoms with van der Waals surface area (Å²) in [4.78, 5) is 7.99. The third-order valence-corrected chi connectivity index (χ3v) is 2.77. The summed E-state index contributed by atoms with van der Waals surface area (Å²) in [5.74, 6) is 5.92. The summed E-state index contributed by atoms with van der Waals surface area (Å²) in [6.45, 7) is 1.92. The van der Waals surface area contributed by atoms with E-state index in [0.717, 1.165) is 11.3 Å². The standard InChI is InChI=1S/C12H11ClN6/c1-7-2-3-8(5-14)4-10(7)17-11-9(13)6-16-12(18-11)19-15/h2-4,6H,15H2,1H3,(H2,16,17,18,19). The molecule has 0 radical (unpaired) electrons. The van der Waals surface area contributed by atoms with Gasteiger partial charge in [-0.25, -0.2) is 10.8 Å². The highest BCUT2D eigenvalue weighted by molar-refractivity contribution is 6.32. The van der Waals surface area contributed by atoms with Crippen LogP contribution in [0.5, 0.6) is 0 Å². The minimum Gasteiger partial charge on any atom is -0.339 e. The monoisotopic (exact) mass is 274 g/mol. The van der Waals surface area contributed by atoms with Gasteiger partial charge in [0.15, 0.2) is 5.82 Å². The Morgan fingerprint density at radius 3 is 2.89 bits per heavy atom. The average molecular weight is 275 g/mol. The first-order chi connectivity index (χ1) is 9.13. The quantitative estimate of drug-likeness (QED) is 0.587. The Morgan fingerprint density at radius 1 is 1.42 bits per heavy atom. The fraction of sp³-hybridized carbons (Fsp3) is 0.0833. The van der Waals surface area contributed by atoms with Crippen LogP contribution >= 0.6 is 11.6 Å². The van der Waals surface area contributed by atoms with Crippen LogP contribution in [-0.2, 0) is 0 Å². The fourth-order valence-electron chi connectivity index (χ4n) is 1.48. The van der Waals surface area contributed by atoms with Crippen LogP contribution in [0.4, 0.5) is 17.5 Å². The van der Waals surface area contributed by atoms with E-state index in [-0.39, 0.29) is 5.95 Å². The molecule has 6 nitrogen and oxygen atoms in total. The lowest BCUT2D eigenvalue weighted by molar-refractivity contribution is 1.12. The van der Waals surface area contributed by atoms with Crippen molar-refractivity contribution in [2.75, 3.05) is 10.7 Å². The van der Waals surface area contributed by atoms with Crippen LogP contribution < -0.4 is 16.6 Å². The van der Waals surface area contributed by atoms with E-state index in [1.54, 1.807) is 12.1 Å². The van der Waals surface area contributed by atoms with Crippen molar-refractivity contribution < 1.29 is 0 Å². The lowest BCUT2D eigenvalue weighted by Gasteiger charge is -2.11. The van der Waals surface area contributed by atoms with E-state index in [1.165, 1.54) is 6.20 Å². The number of nitrogen functional groups attached to an aromatic ring is 1. The molecule has 19 heavy (non-hydrogen) atoms. The number of anilines is 3. The van der Waals surface area contributed by atoms with Gasteiger partial charge in [0.05, 0.1) is 17.8 Å².